The molecule has 1 unspecified atom stereocenters. The summed E-state index contributed by atoms with van der Waals surface area (Å²) >= 11 is 1.20. The Morgan fingerprint density at radius 2 is 1.73 bits per heavy atom. The second kappa shape index (κ2) is 17.6. The number of ether oxygens (including phenoxy) is 1. The summed E-state index contributed by atoms with van der Waals surface area (Å²) in [7, 11) is 1.78. The highest BCUT2D eigenvalue weighted by Gasteiger charge is 2.32. The molecule has 1 heterocycles. The van der Waals surface area contributed by atoms with Gasteiger partial charge in [0, 0.05) is 49.6 Å². The second-order valence-electron chi connectivity index (χ2n) is 11.9. The van der Waals surface area contributed by atoms with Crippen LogP contribution < -0.4 is 16.4 Å². The second-order valence-corrected chi connectivity index (χ2v) is 12.7. The van der Waals surface area contributed by atoms with Crippen LogP contribution in [-0.2, 0) is 20.7 Å². The minimum Gasteiger partial charge on any atom is -0.481 e. The number of carbonyl (C=O) groups is 4. The minimum atomic E-state index is -0.949. The van der Waals surface area contributed by atoms with Crippen molar-refractivity contribution in [1.82, 2.24) is 20.5 Å². The van der Waals surface area contributed by atoms with E-state index in [0.29, 0.717) is 36.5 Å². The summed E-state index contributed by atoms with van der Waals surface area (Å²) in [5.41, 5.74) is 7.46. The number of benzene rings is 1. The monoisotopic (exact) mass is 631 g/mol. The Bertz CT molecular complexity index is 1230. The van der Waals surface area contributed by atoms with E-state index in [4.69, 9.17) is 10.5 Å². The Morgan fingerprint density at radius 1 is 1.07 bits per heavy atom. The molecule has 1 aromatic carbocycles. The molecule has 0 saturated carbocycles. The third-order valence-corrected chi connectivity index (χ3v) is 8.73. The summed E-state index contributed by atoms with van der Waals surface area (Å²) in [6.07, 6.45) is 0.863. The lowest BCUT2D eigenvalue weighted by Gasteiger charge is -2.34. The number of carboxylic acids is 1. The third-order valence-electron chi connectivity index (χ3n) is 7.79. The fourth-order valence-electron chi connectivity index (χ4n) is 4.84. The maximum absolute atomic E-state index is 13.4. The topological polar surface area (TPSA) is 164 Å². The van der Waals surface area contributed by atoms with Crippen LogP contribution >= 0.6 is 11.3 Å². The number of aromatic nitrogens is 1. The van der Waals surface area contributed by atoms with Crippen LogP contribution in [0.1, 0.15) is 94.4 Å². The standard InChI is InChI=1S/C32H49N5O6S/c1-8-20(5)14-28(38)37(7)26(19(3)4)17-27(43-32(42)34-9-2)30-36-25(18-44-30)29(39)35-24(15-21(6)31(40)41)16-22-10-12-23(33)13-11-22/h10-13,18-21,24,26-27H,8-9,14-17,33H2,1-7H3,(H,34,42)(H,35,39)(H,40,41)/t20-,21-,24+,26+,27?/m0/s1. The molecule has 0 aliphatic heterocycles. The van der Waals surface area contributed by atoms with Gasteiger partial charge < -0.3 is 31.1 Å². The summed E-state index contributed by atoms with van der Waals surface area (Å²) in [5.74, 6) is -1.74. The Hall–Kier alpha value is -3.67. The number of alkyl carbamates (subject to hydrolysis) is 1. The number of carbonyl (C=O) groups excluding carboxylic acids is 3. The molecule has 0 spiro atoms. The quantitative estimate of drug-likeness (QED) is 0.171. The summed E-state index contributed by atoms with van der Waals surface area (Å²) < 4.78 is 5.78. The summed E-state index contributed by atoms with van der Waals surface area (Å²) in [4.78, 5) is 56.8. The maximum atomic E-state index is 13.4. The van der Waals surface area contributed by atoms with Gasteiger partial charge in [-0.2, -0.15) is 0 Å². The molecule has 2 aromatic rings. The number of aliphatic carboxylic acids is 1. The zero-order valence-corrected chi connectivity index (χ0v) is 27.8. The predicted molar refractivity (Wildman–Crippen MR) is 172 cm³/mol. The normalized spacial score (nSPS) is 14.6. The molecule has 0 radical (unpaired) electrons. The van der Waals surface area contributed by atoms with Crippen molar-refractivity contribution in [3.8, 4) is 0 Å². The number of anilines is 1. The van der Waals surface area contributed by atoms with Crippen molar-refractivity contribution in [2.45, 2.75) is 91.8 Å². The average molecular weight is 632 g/mol. The van der Waals surface area contributed by atoms with E-state index in [-0.39, 0.29) is 35.9 Å². The van der Waals surface area contributed by atoms with Gasteiger partial charge in [-0.25, -0.2) is 9.78 Å². The number of hydrogen-bond donors (Lipinski definition) is 4. The Labute approximate surface area is 264 Å². The molecule has 0 fully saturated rings. The van der Waals surface area contributed by atoms with E-state index in [1.807, 2.05) is 32.9 Å². The van der Waals surface area contributed by atoms with E-state index >= 15 is 0 Å². The number of nitrogens with one attached hydrogen (secondary N) is 2. The van der Waals surface area contributed by atoms with Gasteiger partial charge in [0.05, 0.1) is 5.92 Å². The number of nitrogens with two attached hydrogens (primary N) is 1. The first kappa shape index (κ1) is 36.5. The van der Waals surface area contributed by atoms with E-state index in [9.17, 15) is 24.3 Å². The molecule has 0 aliphatic carbocycles. The third kappa shape index (κ3) is 11.4. The first-order chi connectivity index (χ1) is 20.7. The first-order valence-electron chi connectivity index (χ1n) is 15.3. The van der Waals surface area contributed by atoms with Crippen LogP contribution in [0.5, 0.6) is 0 Å². The number of carboxylic acid groups (broad SMARTS) is 1. The fraction of sp³-hybridized carbons (Fsp3) is 0.594. The minimum absolute atomic E-state index is 0.0248. The van der Waals surface area contributed by atoms with E-state index in [0.717, 1.165) is 12.0 Å². The van der Waals surface area contributed by atoms with Crippen molar-refractivity contribution in [2.24, 2.45) is 17.8 Å². The van der Waals surface area contributed by atoms with Crippen molar-refractivity contribution >= 4 is 40.9 Å². The highest BCUT2D eigenvalue weighted by Crippen LogP contribution is 2.31. The molecule has 44 heavy (non-hydrogen) atoms. The average Bonchev–Trinajstić information content (AvgIpc) is 3.46. The van der Waals surface area contributed by atoms with Gasteiger partial charge in [0.2, 0.25) is 5.91 Å². The Balaban J connectivity index is 2.30. The van der Waals surface area contributed by atoms with Gasteiger partial charge >= 0.3 is 12.1 Å². The number of nitrogens with zero attached hydrogens (tertiary/aromatic N) is 2. The summed E-state index contributed by atoms with van der Waals surface area (Å²) in [6, 6.07) is 6.50. The van der Waals surface area contributed by atoms with Gasteiger partial charge in [-0.3, -0.25) is 14.4 Å². The van der Waals surface area contributed by atoms with Crippen LogP contribution in [0.25, 0.3) is 0 Å². The lowest BCUT2D eigenvalue weighted by Crippen LogP contribution is -2.42. The van der Waals surface area contributed by atoms with Crippen molar-refractivity contribution in [3.63, 3.8) is 0 Å². The highest BCUT2D eigenvalue weighted by molar-refractivity contribution is 7.09. The van der Waals surface area contributed by atoms with Gasteiger partial charge in [-0.15, -0.1) is 11.3 Å². The van der Waals surface area contributed by atoms with E-state index in [1.54, 1.807) is 43.3 Å². The van der Waals surface area contributed by atoms with Crippen LogP contribution in [0.4, 0.5) is 10.5 Å². The largest absolute Gasteiger partial charge is 0.481 e. The van der Waals surface area contributed by atoms with Crippen molar-refractivity contribution in [3.05, 3.63) is 45.9 Å². The zero-order chi connectivity index (χ0) is 33.0. The Kier molecular flexibility index (Phi) is 14.6. The van der Waals surface area contributed by atoms with Gasteiger partial charge in [0.15, 0.2) is 6.10 Å². The highest BCUT2D eigenvalue weighted by atomic mass is 32.1. The molecule has 1 aromatic heterocycles. The fourth-order valence-corrected chi connectivity index (χ4v) is 5.68. The van der Waals surface area contributed by atoms with Gasteiger partial charge in [0.1, 0.15) is 10.7 Å². The molecule has 0 bridgehead atoms. The van der Waals surface area contributed by atoms with Crippen LogP contribution in [0.15, 0.2) is 29.6 Å². The van der Waals surface area contributed by atoms with Gasteiger partial charge in [-0.1, -0.05) is 53.2 Å². The van der Waals surface area contributed by atoms with Crippen LogP contribution in [0.2, 0.25) is 0 Å². The predicted octanol–water partition coefficient (Wildman–Crippen LogP) is 5.27. The van der Waals surface area contributed by atoms with Crippen LogP contribution in [0, 0.1) is 17.8 Å². The summed E-state index contributed by atoms with van der Waals surface area (Å²) in [5, 5.41) is 17.1. The number of nitrogen functional groups attached to an aromatic ring is 1. The molecule has 5 N–H and O–H groups in total. The van der Waals surface area contributed by atoms with E-state index in [2.05, 4.69) is 22.5 Å². The summed E-state index contributed by atoms with van der Waals surface area (Å²) in [6.45, 7) is 11.9. The molecule has 5 atom stereocenters. The molecule has 2 rings (SSSR count). The number of amides is 3. The molecule has 12 heteroatoms. The van der Waals surface area contributed by atoms with Crippen molar-refractivity contribution in [1.29, 1.82) is 0 Å². The number of thiazole rings is 1. The number of rotatable bonds is 17. The molecule has 0 aliphatic rings. The molecule has 0 saturated heterocycles. The molecule has 244 valence electrons. The van der Waals surface area contributed by atoms with Crippen molar-refractivity contribution < 1.29 is 29.0 Å². The lowest BCUT2D eigenvalue weighted by molar-refractivity contribution is -0.141. The molecule has 3 amide bonds. The van der Waals surface area contributed by atoms with Crippen LogP contribution in [-0.4, -0.2) is 64.5 Å². The zero-order valence-electron chi connectivity index (χ0n) is 27.0. The smallest absolute Gasteiger partial charge is 0.407 e. The first-order valence-corrected chi connectivity index (χ1v) is 16.2. The van der Waals surface area contributed by atoms with Gasteiger partial charge in [-0.05, 0) is 49.3 Å². The van der Waals surface area contributed by atoms with Crippen molar-refractivity contribution in [2.75, 3.05) is 19.3 Å². The SMILES string of the molecule is CCNC(=O)OC(C[C@H](C(C)C)N(C)C(=O)C[C@@H](C)CC)c1nc(C(=O)N[C@@H](Cc2ccc(N)cc2)C[C@H](C)C(=O)O)cs1. The van der Waals surface area contributed by atoms with Gasteiger partial charge in [0.25, 0.3) is 5.91 Å². The van der Waals surface area contributed by atoms with E-state index < -0.39 is 36.0 Å². The maximum Gasteiger partial charge on any atom is 0.407 e. The van der Waals surface area contributed by atoms with Crippen LogP contribution in [0.3, 0.4) is 0 Å². The molecular weight excluding hydrogens is 582 g/mol. The lowest BCUT2D eigenvalue weighted by atomic mass is 9.95. The molecular formula is C32H49N5O6S. The number of hydrogen-bond acceptors (Lipinski definition) is 8. The Morgan fingerprint density at radius 3 is 2.30 bits per heavy atom. The molecule has 11 nitrogen and oxygen atoms in total. The van der Waals surface area contributed by atoms with E-state index in [1.165, 1.54) is 11.3 Å².